The number of aliphatic hydroxyl groups excluding tert-OH is 1. The predicted molar refractivity (Wildman–Crippen MR) is 82.7 cm³/mol. The Morgan fingerprint density at radius 1 is 1.16 bits per heavy atom. The molecular formula is C16H26O2S. The van der Waals surface area contributed by atoms with Gasteiger partial charge >= 0.3 is 0 Å². The number of hydrogen-bond donors (Lipinski definition) is 1. The topological polar surface area (TPSA) is 37.3 Å². The van der Waals surface area contributed by atoms with Crippen molar-refractivity contribution in [1.82, 2.24) is 0 Å². The van der Waals surface area contributed by atoms with E-state index in [2.05, 4.69) is 19.1 Å². The second-order valence-corrected chi connectivity index (χ2v) is 6.73. The quantitative estimate of drug-likeness (QED) is 0.669. The fourth-order valence-electron chi connectivity index (χ4n) is 2.16. The van der Waals surface area contributed by atoms with Crippen molar-refractivity contribution in [3.63, 3.8) is 0 Å². The first-order valence-electron chi connectivity index (χ1n) is 7.26. The molecule has 0 aliphatic rings. The van der Waals surface area contributed by atoms with Gasteiger partial charge in [-0.05, 0) is 24.3 Å². The summed E-state index contributed by atoms with van der Waals surface area (Å²) < 4.78 is 12.0. The Morgan fingerprint density at radius 2 is 1.89 bits per heavy atom. The summed E-state index contributed by atoms with van der Waals surface area (Å²) in [5, 5.41) is 9.41. The van der Waals surface area contributed by atoms with Gasteiger partial charge in [-0.2, -0.15) is 0 Å². The summed E-state index contributed by atoms with van der Waals surface area (Å²) in [5.74, 6) is 1.53. The highest BCUT2D eigenvalue weighted by atomic mass is 32.2. The van der Waals surface area contributed by atoms with Crippen LogP contribution in [0.1, 0.15) is 38.2 Å². The highest BCUT2D eigenvalue weighted by molar-refractivity contribution is 7.84. The molecule has 0 saturated heterocycles. The van der Waals surface area contributed by atoms with Crippen molar-refractivity contribution >= 4 is 10.8 Å². The van der Waals surface area contributed by atoms with E-state index in [0.717, 1.165) is 18.6 Å². The van der Waals surface area contributed by atoms with E-state index in [-0.39, 0.29) is 12.5 Å². The van der Waals surface area contributed by atoms with Gasteiger partial charge in [0.15, 0.2) is 0 Å². The molecule has 0 saturated carbocycles. The van der Waals surface area contributed by atoms with E-state index in [1.165, 1.54) is 24.8 Å². The highest BCUT2D eigenvalue weighted by Gasteiger charge is 2.12. The van der Waals surface area contributed by atoms with Crippen LogP contribution in [0.15, 0.2) is 30.3 Å². The molecule has 1 aromatic rings. The van der Waals surface area contributed by atoms with Crippen LogP contribution >= 0.6 is 0 Å². The van der Waals surface area contributed by atoms with Crippen LogP contribution in [0.2, 0.25) is 0 Å². The van der Waals surface area contributed by atoms with E-state index in [1.54, 1.807) is 0 Å². The van der Waals surface area contributed by atoms with E-state index in [4.69, 9.17) is 0 Å². The van der Waals surface area contributed by atoms with Crippen molar-refractivity contribution < 1.29 is 9.32 Å². The molecule has 1 N–H and O–H groups in total. The fraction of sp³-hybridized carbons (Fsp3) is 0.625. The molecule has 0 radical (unpaired) electrons. The molecule has 0 aliphatic carbocycles. The Bertz CT molecular complexity index is 351. The van der Waals surface area contributed by atoms with Gasteiger partial charge in [-0.15, -0.1) is 0 Å². The summed E-state index contributed by atoms with van der Waals surface area (Å²) in [6.45, 7) is 2.30. The lowest BCUT2D eigenvalue weighted by Gasteiger charge is -2.13. The highest BCUT2D eigenvalue weighted by Crippen LogP contribution is 2.11. The lowest BCUT2D eigenvalue weighted by atomic mass is 10.0. The third-order valence-electron chi connectivity index (χ3n) is 3.27. The van der Waals surface area contributed by atoms with Gasteiger partial charge in [-0.3, -0.25) is 4.21 Å². The Balaban J connectivity index is 2.29. The first-order valence-corrected chi connectivity index (χ1v) is 8.74. The van der Waals surface area contributed by atoms with Gasteiger partial charge in [0.05, 0.1) is 0 Å². The van der Waals surface area contributed by atoms with Crippen LogP contribution < -0.4 is 0 Å². The van der Waals surface area contributed by atoms with Crippen LogP contribution in [0, 0.1) is 5.92 Å². The smallest absolute Gasteiger partial charge is 0.0471 e. The number of unbranched alkanes of at least 4 members (excludes halogenated alkanes) is 3. The second-order valence-electron chi connectivity index (χ2n) is 5.11. The van der Waals surface area contributed by atoms with Crippen molar-refractivity contribution in [3.8, 4) is 0 Å². The van der Waals surface area contributed by atoms with Crippen LogP contribution in [0.5, 0.6) is 0 Å². The van der Waals surface area contributed by atoms with Crippen LogP contribution in [0.3, 0.4) is 0 Å². The van der Waals surface area contributed by atoms with Gasteiger partial charge in [0, 0.05) is 28.9 Å². The zero-order valence-electron chi connectivity index (χ0n) is 11.9. The molecule has 1 rings (SSSR count). The molecular weight excluding hydrogens is 256 g/mol. The van der Waals surface area contributed by atoms with Crippen molar-refractivity contribution in [2.45, 2.75) is 39.0 Å². The van der Waals surface area contributed by atoms with Crippen molar-refractivity contribution in [1.29, 1.82) is 0 Å². The van der Waals surface area contributed by atoms with Crippen molar-refractivity contribution in [2.24, 2.45) is 5.92 Å². The molecule has 108 valence electrons. The minimum atomic E-state index is -0.787. The number of rotatable bonds is 10. The first kappa shape index (κ1) is 16.4. The summed E-state index contributed by atoms with van der Waals surface area (Å²) in [7, 11) is -0.787. The van der Waals surface area contributed by atoms with Crippen molar-refractivity contribution in [2.75, 3.05) is 18.1 Å². The third kappa shape index (κ3) is 7.48. The molecule has 2 atom stereocenters. The SMILES string of the molecule is CCCCCCS(=O)CC(CO)Cc1ccccc1. The molecule has 0 aromatic heterocycles. The molecule has 19 heavy (non-hydrogen) atoms. The molecule has 1 aromatic carbocycles. The van der Waals surface area contributed by atoms with Gasteiger partial charge in [0.2, 0.25) is 0 Å². The average molecular weight is 282 g/mol. The van der Waals surface area contributed by atoms with Crippen LogP contribution in [0.4, 0.5) is 0 Å². The lowest BCUT2D eigenvalue weighted by Crippen LogP contribution is -2.19. The first-order chi connectivity index (χ1) is 9.26. The molecule has 0 amide bonds. The molecule has 0 spiro atoms. The van der Waals surface area contributed by atoms with E-state index < -0.39 is 10.8 Å². The molecule has 0 fully saturated rings. The normalized spacial score (nSPS) is 14.2. The lowest BCUT2D eigenvalue weighted by molar-refractivity contribution is 0.239. The maximum atomic E-state index is 12.0. The monoisotopic (exact) mass is 282 g/mol. The summed E-state index contributed by atoms with van der Waals surface area (Å²) in [6, 6.07) is 10.1. The van der Waals surface area contributed by atoms with E-state index in [9.17, 15) is 9.32 Å². The van der Waals surface area contributed by atoms with E-state index >= 15 is 0 Å². The van der Waals surface area contributed by atoms with E-state index in [0.29, 0.717) is 5.75 Å². The largest absolute Gasteiger partial charge is 0.396 e. The third-order valence-corrected chi connectivity index (χ3v) is 4.86. The Labute approximate surface area is 119 Å². The number of benzene rings is 1. The zero-order chi connectivity index (χ0) is 13.9. The standard InChI is InChI=1S/C16H26O2S/c1-2-3-4-8-11-19(18)14-16(13-17)12-15-9-6-5-7-10-15/h5-7,9-10,16-17H,2-4,8,11-14H2,1H3. The summed E-state index contributed by atoms with van der Waals surface area (Å²) in [5.41, 5.74) is 1.21. The van der Waals surface area contributed by atoms with Crippen molar-refractivity contribution in [3.05, 3.63) is 35.9 Å². The molecule has 0 aliphatic heterocycles. The van der Waals surface area contributed by atoms with Gasteiger partial charge in [0.1, 0.15) is 0 Å². The fourth-order valence-corrected chi connectivity index (χ4v) is 3.60. The number of hydrogen-bond acceptors (Lipinski definition) is 2. The van der Waals surface area contributed by atoms with Crippen LogP contribution in [0.25, 0.3) is 0 Å². The maximum Gasteiger partial charge on any atom is 0.0471 e. The minimum Gasteiger partial charge on any atom is -0.396 e. The molecule has 2 unspecified atom stereocenters. The molecule has 0 bridgehead atoms. The van der Waals surface area contributed by atoms with Gasteiger partial charge in [-0.1, -0.05) is 56.5 Å². The number of aliphatic hydroxyl groups is 1. The summed E-state index contributed by atoms with van der Waals surface area (Å²) >= 11 is 0. The molecule has 2 nitrogen and oxygen atoms in total. The summed E-state index contributed by atoms with van der Waals surface area (Å²) in [6.07, 6.45) is 5.47. The van der Waals surface area contributed by atoms with Gasteiger partial charge in [-0.25, -0.2) is 0 Å². The predicted octanol–water partition coefficient (Wildman–Crippen LogP) is 3.17. The molecule has 0 heterocycles. The summed E-state index contributed by atoms with van der Waals surface area (Å²) in [4.78, 5) is 0. The zero-order valence-corrected chi connectivity index (χ0v) is 12.7. The van der Waals surface area contributed by atoms with Crippen LogP contribution in [-0.2, 0) is 17.2 Å². The van der Waals surface area contributed by atoms with Gasteiger partial charge in [0.25, 0.3) is 0 Å². The maximum absolute atomic E-state index is 12.0. The Hall–Kier alpha value is -0.670. The molecule has 3 heteroatoms. The van der Waals surface area contributed by atoms with Crippen LogP contribution in [-0.4, -0.2) is 27.4 Å². The Kier molecular flexibility index (Phi) is 8.76. The average Bonchev–Trinajstić information content (AvgIpc) is 2.44. The van der Waals surface area contributed by atoms with E-state index in [1.807, 2.05) is 18.2 Å². The second kappa shape index (κ2) is 10.2. The van der Waals surface area contributed by atoms with Gasteiger partial charge < -0.3 is 5.11 Å². The minimum absolute atomic E-state index is 0.120. The Morgan fingerprint density at radius 3 is 2.53 bits per heavy atom.